The van der Waals surface area contributed by atoms with Crippen LogP contribution in [0.5, 0.6) is 0 Å². The van der Waals surface area contributed by atoms with Gasteiger partial charge in [-0.25, -0.2) is 12.8 Å². The molecule has 0 bridgehead atoms. The standard InChI is InChI=1S/C19H22ClFN2O2S/c1-15-3-5-16(6-4-15)14-22-9-2-10-23(12-11-22)26(24,25)17-7-8-19(21)18(20)13-17/h3-8,13H,2,9-12,14H2,1H3. The molecule has 1 aliphatic rings. The molecule has 0 N–H and O–H groups in total. The van der Waals surface area contributed by atoms with Crippen LogP contribution in [0.2, 0.25) is 5.02 Å². The molecule has 0 aromatic heterocycles. The van der Waals surface area contributed by atoms with E-state index in [2.05, 4.69) is 36.1 Å². The number of sulfonamides is 1. The molecule has 1 saturated heterocycles. The van der Waals surface area contributed by atoms with Gasteiger partial charge in [0, 0.05) is 26.2 Å². The number of rotatable bonds is 4. The van der Waals surface area contributed by atoms with Gasteiger partial charge in [-0.1, -0.05) is 41.4 Å². The van der Waals surface area contributed by atoms with Crippen LogP contribution in [-0.4, -0.2) is 43.8 Å². The molecule has 2 aromatic rings. The molecule has 0 spiro atoms. The van der Waals surface area contributed by atoms with E-state index in [0.717, 1.165) is 25.6 Å². The molecule has 1 fully saturated rings. The van der Waals surface area contributed by atoms with E-state index >= 15 is 0 Å². The lowest BCUT2D eigenvalue weighted by Crippen LogP contribution is -2.35. The van der Waals surface area contributed by atoms with Crippen LogP contribution in [0, 0.1) is 12.7 Å². The van der Waals surface area contributed by atoms with Gasteiger partial charge in [0.1, 0.15) is 5.82 Å². The molecule has 0 aliphatic carbocycles. The minimum atomic E-state index is -3.67. The summed E-state index contributed by atoms with van der Waals surface area (Å²) in [6.07, 6.45) is 0.750. The lowest BCUT2D eigenvalue weighted by atomic mass is 10.1. The van der Waals surface area contributed by atoms with Crippen molar-refractivity contribution in [3.05, 3.63) is 64.4 Å². The van der Waals surface area contributed by atoms with Gasteiger partial charge in [-0.05, 0) is 43.7 Å². The van der Waals surface area contributed by atoms with Crippen LogP contribution >= 0.6 is 11.6 Å². The molecule has 0 saturated carbocycles. The van der Waals surface area contributed by atoms with Crippen molar-refractivity contribution in [1.29, 1.82) is 0 Å². The van der Waals surface area contributed by atoms with E-state index in [1.54, 1.807) is 0 Å². The highest BCUT2D eigenvalue weighted by molar-refractivity contribution is 7.89. The second-order valence-corrected chi connectivity index (χ2v) is 8.94. The minimum Gasteiger partial charge on any atom is -0.298 e. The summed E-state index contributed by atoms with van der Waals surface area (Å²) in [6, 6.07) is 11.9. The van der Waals surface area contributed by atoms with E-state index in [1.165, 1.54) is 27.6 Å². The lowest BCUT2D eigenvalue weighted by Gasteiger charge is -2.22. The van der Waals surface area contributed by atoms with Crippen molar-refractivity contribution < 1.29 is 12.8 Å². The Morgan fingerprint density at radius 1 is 1.04 bits per heavy atom. The van der Waals surface area contributed by atoms with Gasteiger partial charge in [-0.3, -0.25) is 4.90 Å². The maximum absolute atomic E-state index is 13.3. The average molecular weight is 397 g/mol. The van der Waals surface area contributed by atoms with Gasteiger partial charge in [0.15, 0.2) is 0 Å². The molecule has 3 rings (SSSR count). The Balaban J connectivity index is 1.69. The Morgan fingerprint density at radius 3 is 2.46 bits per heavy atom. The first kappa shape index (κ1) is 19.3. The zero-order valence-corrected chi connectivity index (χ0v) is 16.2. The third-order valence-electron chi connectivity index (χ3n) is 4.60. The monoisotopic (exact) mass is 396 g/mol. The van der Waals surface area contributed by atoms with Crippen molar-refractivity contribution in [3.8, 4) is 0 Å². The van der Waals surface area contributed by atoms with Gasteiger partial charge in [-0.15, -0.1) is 0 Å². The molecule has 7 heteroatoms. The first-order valence-electron chi connectivity index (χ1n) is 8.59. The third-order valence-corrected chi connectivity index (χ3v) is 6.79. The summed E-state index contributed by atoms with van der Waals surface area (Å²) in [4.78, 5) is 2.30. The van der Waals surface area contributed by atoms with E-state index in [9.17, 15) is 12.8 Å². The van der Waals surface area contributed by atoms with Gasteiger partial charge in [-0.2, -0.15) is 4.31 Å². The molecule has 0 unspecified atom stereocenters. The first-order chi connectivity index (χ1) is 12.4. The molecule has 4 nitrogen and oxygen atoms in total. The van der Waals surface area contributed by atoms with E-state index in [0.29, 0.717) is 19.6 Å². The van der Waals surface area contributed by atoms with Crippen LogP contribution in [-0.2, 0) is 16.6 Å². The quantitative estimate of drug-likeness (QED) is 0.791. The van der Waals surface area contributed by atoms with Gasteiger partial charge in [0.2, 0.25) is 10.0 Å². The average Bonchev–Trinajstić information content (AvgIpc) is 2.85. The normalized spacial score (nSPS) is 17.2. The topological polar surface area (TPSA) is 40.6 Å². The van der Waals surface area contributed by atoms with Crippen molar-refractivity contribution in [2.24, 2.45) is 0 Å². The summed E-state index contributed by atoms with van der Waals surface area (Å²) < 4.78 is 40.5. The van der Waals surface area contributed by atoms with Crippen LogP contribution in [0.25, 0.3) is 0 Å². The molecule has 140 valence electrons. The summed E-state index contributed by atoms with van der Waals surface area (Å²) in [5.74, 6) is -0.620. The maximum Gasteiger partial charge on any atom is 0.243 e. The predicted molar refractivity (Wildman–Crippen MR) is 101 cm³/mol. The van der Waals surface area contributed by atoms with Gasteiger partial charge in [0.25, 0.3) is 0 Å². The van der Waals surface area contributed by atoms with Crippen molar-refractivity contribution in [2.45, 2.75) is 24.8 Å². The molecule has 0 amide bonds. The zero-order valence-electron chi connectivity index (χ0n) is 14.7. The second-order valence-electron chi connectivity index (χ2n) is 6.60. The SMILES string of the molecule is Cc1ccc(CN2CCCN(S(=O)(=O)c3ccc(F)c(Cl)c3)CC2)cc1. The van der Waals surface area contributed by atoms with Crippen molar-refractivity contribution in [1.82, 2.24) is 9.21 Å². The summed E-state index contributed by atoms with van der Waals surface area (Å²) in [7, 11) is -3.67. The first-order valence-corrected chi connectivity index (χ1v) is 10.4. The largest absolute Gasteiger partial charge is 0.298 e. The summed E-state index contributed by atoms with van der Waals surface area (Å²) in [5.41, 5.74) is 2.44. The van der Waals surface area contributed by atoms with E-state index in [-0.39, 0.29) is 9.92 Å². The summed E-state index contributed by atoms with van der Waals surface area (Å²) in [5, 5.41) is -0.179. The Labute approximate surface area is 159 Å². The molecular weight excluding hydrogens is 375 g/mol. The molecule has 0 atom stereocenters. The Morgan fingerprint density at radius 2 is 1.77 bits per heavy atom. The Kier molecular flexibility index (Phi) is 5.97. The number of nitrogens with zero attached hydrogens (tertiary/aromatic N) is 2. The number of halogens is 2. The number of hydrogen-bond donors (Lipinski definition) is 0. The highest BCUT2D eigenvalue weighted by Crippen LogP contribution is 2.23. The molecule has 1 heterocycles. The van der Waals surface area contributed by atoms with Crippen molar-refractivity contribution in [3.63, 3.8) is 0 Å². The van der Waals surface area contributed by atoms with Crippen molar-refractivity contribution >= 4 is 21.6 Å². The number of aryl methyl sites for hydroxylation is 1. The smallest absolute Gasteiger partial charge is 0.243 e. The van der Waals surface area contributed by atoms with E-state index in [4.69, 9.17) is 11.6 Å². The van der Waals surface area contributed by atoms with Crippen LogP contribution in [0.15, 0.2) is 47.4 Å². The van der Waals surface area contributed by atoms with Crippen LogP contribution in [0.1, 0.15) is 17.5 Å². The predicted octanol–water partition coefficient (Wildman–Crippen LogP) is 3.68. The molecule has 2 aromatic carbocycles. The summed E-state index contributed by atoms with van der Waals surface area (Å²) >= 11 is 5.75. The zero-order chi connectivity index (χ0) is 18.7. The van der Waals surface area contributed by atoms with Crippen LogP contribution in [0.3, 0.4) is 0 Å². The molecule has 1 aliphatic heterocycles. The van der Waals surface area contributed by atoms with E-state index in [1.807, 2.05) is 0 Å². The fourth-order valence-corrected chi connectivity index (χ4v) is 4.83. The molecule has 0 radical (unpaired) electrons. The fourth-order valence-electron chi connectivity index (χ4n) is 3.08. The van der Waals surface area contributed by atoms with Crippen LogP contribution < -0.4 is 0 Å². The van der Waals surface area contributed by atoms with Crippen molar-refractivity contribution in [2.75, 3.05) is 26.2 Å². The maximum atomic E-state index is 13.3. The summed E-state index contributed by atoms with van der Waals surface area (Å²) in [6.45, 7) is 5.20. The highest BCUT2D eigenvalue weighted by Gasteiger charge is 2.27. The van der Waals surface area contributed by atoms with E-state index < -0.39 is 15.8 Å². The Hall–Kier alpha value is -1.47. The second kappa shape index (κ2) is 8.05. The molecular formula is C19H22ClFN2O2S. The molecule has 26 heavy (non-hydrogen) atoms. The van der Waals surface area contributed by atoms with Gasteiger partial charge in [0.05, 0.1) is 9.92 Å². The lowest BCUT2D eigenvalue weighted by molar-refractivity contribution is 0.278. The number of hydrogen-bond acceptors (Lipinski definition) is 3. The highest BCUT2D eigenvalue weighted by atomic mass is 35.5. The Bertz CT molecular complexity index is 872. The third kappa shape index (κ3) is 4.43. The van der Waals surface area contributed by atoms with Gasteiger partial charge >= 0.3 is 0 Å². The van der Waals surface area contributed by atoms with Crippen LogP contribution in [0.4, 0.5) is 4.39 Å². The minimum absolute atomic E-state index is 0.0379. The fraction of sp³-hybridized carbons (Fsp3) is 0.368. The van der Waals surface area contributed by atoms with Gasteiger partial charge < -0.3 is 0 Å². The number of benzene rings is 2.